The van der Waals surface area contributed by atoms with E-state index in [0.717, 1.165) is 22.9 Å². The van der Waals surface area contributed by atoms with E-state index in [4.69, 9.17) is 0 Å². The first-order chi connectivity index (χ1) is 5.81. The van der Waals surface area contributed by atoms with Crippen LogP contribution in [0, 0.1) is 0 Å². The largest absolute Gasteiger partial charge is 0.508 e. The number of aryl methyl sites for hydroxylation is 1. The van der Waals surface area contributed by atoms with Crippen LogP contribution in [0.4, 0.5) is 0 Å². The number of hydrogen-bond donors (Lipinski definition) is 2. The van der Waals surface area contributed by atoms with Crippen LogP contribution >= 0.6 is 0 Å². The van der Waals surface area contributed by atoms with Crippen LogP contribution in [-0.2, 0) is 6.42 Å². The zero-order valence-electron chi connectivity index (χ0n) is 6.96. The van der Waals surface area contributed by atoms with Crippen molar-refractivity contribution >= 4 is 10.9 Å². The minimum absolute atomic E-state index is 0.346. The average Bonchev–Trinajstić information content (AvgIpc) is 2.50. The van der Waals surface area contributed by atoms with Gasteiger partial charge in [-0.2, -0.15) is 0 Å². The SMILES string of the molecule is CCc1cc(O)cc2cc[nH]c12. The molecular formula is C10H11NO. The van der Waals surface area contributed by atoms with Crippen molar-refractivity contribution in [1.29, 1.82) is 0 Å². The van der Waals surface area contributed by atoms with E-state index in [-0.39, 0.29) is 0 Å². The van der Waals surface area contributed by atoms with Crippen molar-refractivity contribution in [2.45, 2.75) is 13.3 Å². The Hall–Kier alpha value is -1.44. The maximum Gasteiger partial charge on any atom is 0.116 e. The lowest BCUT2D eigenvalue weighted by Crippen LogP contribution is -1.81. The van der Waals surface area contributed by atoms with Crippen LogP contribution in [0.1, 0.15) is 12.5 Å². The molecule has 0 atom stereocenters. The molecule has 0 saturated carbocycles. The van der Waals surface area contributed by atoms with E-state index in [1.54, 1.807) is 12.1 Å². The summed E-state index contributed by atoms with van der Waals surface area (Å²) < 4.78 is 0. The summed E-state index contributed by atoms with van der Waals surface area (Å²) in [4.78, 5) is 3.16. The van der Waals surface area contributed by atoms with Crippen molar-refractivity contribution in [3.8, 4) is 5.75 Å². The van der Waals surface area contributed by atoms with Gasteiger partial charge in [-0.05, 0) is 30.2 Å². The zero-order valence-corrected chi connectivity index (χ0v) is 6.96. The highest BCUT2D eigenvalue weighted by Crippen LogP contribution is 2.23. The van der Waals surface area contributed by atoms with Gasteiger partial charge in [-0.1, -0.05) is 6.92 Å². The van der Waals surface area contributed by atoms with Gasteiger partial charge in [-0.15, -0.1) is 0 Å². The normalized spacial score (nSPS) is 10.8. The van der Waals surface area contributed by atoms with Gasteiger partial charge < -0.3 is 10.1 Å². The molecule has 0 saturated heterocycles. The molecular weight excluding hydrogens is 150 g/mol. The molecule has 1 aromatic carbocycles. The second-order valence-electron chi connectivity index (χ2n) is 2.90. The Morgan fingerprint density at radius 3 is 3.00 bits per heavy atom. The van der Waals surface area contributed by atoms with Gasteiger partial charge in [0.2, 0.25) is 0 Å². The van der Waals surface area contributed by atoms with Crippen LogP contribution in [0.3, 0.4) is 0 Å². The van der Waals surface area contributed by atoms with Crippen molar-refractivity contribution in [2.24, 2.45) is 0 Å². The highest BCUT2D eigenvalue weighted by Gasteiger charge is 2.01. The van der Waals surface area contributed by atoms with Gasteiger partial charge in [0, 0.05) is 17.1 Å². The monoisotopic (exact) mass is 161 g/mol. The maximum absolute atomic E-state index is 9.35. The highest BCUT2D eigenvalue weighted by atomic mass is 16.3. The Labute approximate surface area is 70.8 Å². The van der Waals surface area contributed by atoms with Crippen molar-refractivity contribution in [3.05, 3.63) is 30.0 Å². The van der Waals surface area contributed by atoms with E-state index in [1.165, 1.54) is 0 Å². The molecule has 0 aliphatic heterocycles. The summed E-state index contributed by atoms with van der Waals surface area (Å²) in [6.45, 7) is 2.08. The number of hydrogen-bond acceptors (Lipinski definition) is 1. The van der Waals surface area contributed by atoms with Gasteiger partial charge in [0.25, 0.3) is 0 Å². The fourth-order valence-corrected chi connectivity index (χ4v) is 1.51. The van der Waals surface area contributed by atoms with Gasteiger partial charge in [0.1, 0.15) is 5.75 Å². The van der Waals surface area contributed by atoms with Crippen LogP contribution < -0.4 is 0 Å². The fourth-order valence-electron chi connectivity index (χ4n) is 1.51. The average molecular weight is 161 g/mol. The fraction of sp³-hybridized carbons (Fsp3) is 0.200. The Balaban J connectivity index is 2.80. The molecule has 1 aromatic heterocycles. The number of H-pyrrole nitrogens is 1. The summed E-state index contributed by atoms with van der Waals surface area (Å²) in [5, 5.41) is 10.4. The molecule has 0 spiro atoms. The second-order valence-corrected chi connectivity index (χ2v) is 2.90. The van der Waals surface area contributed by atoms with Crippen LogP contribution in [0.15, 0.2) is 24.4 Å². The Morgan fingerprint density at radius 2 is 2.25 bits per heavy atom. The summed E-state index contributed by atoms with van der Waals surface area (Å²) in [5.41, 5.74) is 2.30. The molecule has 2 N–H and O–H groups in total. The molecule has 0 aliphatic rings. The van der Waals surface area contributed by atoms with Gasteiger partial charge in [-0.25, -0.2) is 0 Å². The molecule has 0 unspecified atom stereocenters. The van der Waals surface area contributed by atoms with Gasteiger partial charge in [0.15, 0.2) is 0 Å². The molecule has 1 heterocycles. The first kappa shape index (κ1) is 7.22. The van der Waals surface area contributed by atoms with Crippen molar-refractivity contribution in [1.82, 2.24) is 4.98 Å². The summed E-state index contributed by atoms with van der Waals surface area (Å²) in [6, 6.07) is 5.54. The maximum atomic E-state index is 9.35. The second kappa shape index (κ2) is 2.55. The summed E-state index contributed by atoms with van der Waals surface area (Å²) in [6.07, 6.45) is 2.83. The van der Waals surface area contributed by atoms with Crippen LogP contribution in [0.2, 0.25) is 0 Å². The van der Waals surface area contributed by atoms with Crippen molar-refractivity contribution in [2.75, 3.05) is 0 Å². The highest BCUT2D eigenvalue weighted by molar-refractivity contribution is 5.84. The number of nitrogens with one attached hydrogen (secondary N) is 1. The molecule has 0 amide bonds. The number of aromatic hydroxyl groups is 1. The van der Waals surface area contributed by atoms with E-state index >= 15 is 0 Å². The lowest BCUT2D eigenvalue weighted by Gasteiger charge is -2.00. The predicted molar refractivity (Wildman–Crippen MR) is 49.3 cm³/mol. The number of aromatic nitrogens is 1. The lowest BCUT2D eigenvalue weighted by molar-refractivity contribution is 0.475. The lowest BCUT2D eigenvalue weighted by atomic mass is 10.1. The summed E-state index contributed by atoms with van der Waals surface area (Å²) >= 11 is 0. The number of phenols is 1. The number of fused-ring (bicyclic) bond motifs is 1. The number of phenolic OH excluding ortho intramolecular Hbond substituents is 1. The number of rotatable bonds is 1. The Morgan fingerprint density at radius 1 is 1.42 bits per heavy atom. The summed E-state index contributed by atoms with van der Waals surface area (Å²) in [5.74, 6) is 0.346. The number of benzene rings is 1. The molecule has 2 rings (SSSR count). The van der Waals surface area contributed by atoms with Crippen molar-refractivity contribution < 1.29 is 5.11 Å². The van der Waals surface area contributed by atoms with Crippen molar-refractivity contribution in [3.63, 3.8) is 0 Å². The molecule has 12 heavy (non-hydrogen) atoms. The van der Waals surface area contributed by atoms with Crippen LogP contribution in [0.25, 0.3) is 10.9 Å². The minimum atomic E-state index is 0.346. The first-order valence-electron chi connectivity index (χ1n) is 4.10. The number of aromatic amines is 1. The first-order valence-corrected chi connectivity index (χ1v) is 4.10. The van der Waals surface area contributed by atoms with Gasteiger partial charge in [-0.3, -0.25) is 0 Å². The Bertz CT molecular complexity index is 403. The van der Waals surface area contributed by atoms with E-state index in [9.17, 15) is 5.11 Å². The smallest absolute Gasteiger partial charge is 0.116 e. The minimum Gasteiger partial charge on any atom is -0.508 e. The molecule has 62 valence electrons. The molecule has 0 fully saturated rings. The predicted octanol–water partition coefficient (Wildman–Crippen LogP) is 2.44. The molecule has 0 aliphatic carbocycles. The van der Waals surface area contributed by atoms with Gasteiger partial charge >= 0.3 is 0 Å². The van der Waals surface area contributed by atoms with E-state index in [0.29, 0.717) is 5.75 Å². The zero-order chi connectivity index (χ0) is 8.55. The molecule has 0 bridgehead atoms. The van der Waals surface area contributed by atoms with E-state index in [1.807, 2.05) is 12.3 Å². The third kappa shape index (κ3) is 0.961. The Kier molecular flexibility index (Phi) is 1.54. The topological polar surface area (TPSA) is 36.0 Å². The van der Waals surface area contributed by atoms with E-state index in [2.05, 4.69) is 11.9 Å². The summed E-state index contributed by atoms with van der Waals surface area (Å²) in [7, 11) is 0. The molecule has 2 aromatic rings. The van der Waals surface area contributed by atoms with Crippen LogP contribution in [0.5, 0.6) is 5.75 Å². The third-order valence-corrected chi connectivity index (χ3v) is 2.11. The molecule has 2 heteroatoms. The molecule has 2 nitrogen and oxygen atoms in total. The molecule has 0 radical (unpaired) electrons. The van der Waals surface area contributed by atoms with Gasteiger partial charge in [0.05, 0.1) is 0 Å². The van der Waals surface area contributed by atoms with Crippen LogP contribution in [-0.4, -0.2) is 10.1 Å². The van der Waals surface area contributed by atoms with E-state index < -0.39 is 0 Å². The third-order valence-electron chi connectivity index (χ3n) is 2.11. The quantitative estimate of drug-likeness (QED) is 0.662. The standard InChI is InChI=1S/C10H11NO/c1-2-7-5-9(12)6-8-3-4-11-10(7)8/h3-6,11-12H,2H2,1H3.